The summed E-state index contributed by atoms with van der Waals surface area (Å²) in [5, 5.41) is 0. The van der Waals surface area contributed by atoms with Gasteiger partial charge in [-0.05, 0) is 24.0 Å². The Labute approximate surface area is 138 Å². The van der Waals surface area contributed by atoms with Crippen molar-refractivity contribution in [3.63, 3.8) is 0 Å². The maximum absolute atomic E-state index is 5.62. The molecule has 2 N–H and O–H groups in total. The highest BCUT2D eigenvalue weighted by atomic mass is 14.5. The van der Waals surface area contributed by atoms with Crippen molar-refractivity contribution in [2.45, 2.75) is 96.9 Å². The van der Waals surface area contributed by atoms with Crippen LogP contribution >= 0.6 is 0 Å². The van der Waals surface area contributed by atoms with Crippen molar-refractivity contribution in [3.8, 4) is 0 Å². The van der Waals surface area contributed by atoms with Gasteiger partial charge in [0.2, 0.25) is 0 Å². The molecule has 0 amide bonds. The zero-order valence-corrected chi connectivity index (χ0v) is 14.8. The molecule has 1 nitrogen and oxygen atoms in total. The van der Waals surface area contributed by atoms with Crippen molar-refractivity contribution in [2.75, 3.05) is 0 Å². The molecule has 0 fully saturated rings. The molecule has 0 aliphatic carbocycles. The first-order chi connectivity index (χ1) is 10.9. The third-order valence-corrected chi connectivity index (χ3v) is 4.58. The maximum atomic E-state index is 5.62. The third kappa shape index (κ3) is 10.00. The molecule has 126 valence electrons. The van der Waals surface area contributed by atoms with E-state index in [1.165, 1.54) is 94.6 Å². The highest BCUT2D eigenvalue weighted by Crippen LogP contribution is 2.13. The van der Waals surface area contributed by atoms with Crippen LogP contribution in [-0.4, -0.2) is 0 Å². The predicted molar refractivity (Wildman–Crippen MR) is 99.1 cm³/mol. The summed E-state index contributed by atoms with van der Waals surface area (Å²) >= 11 is 0. The number of benzene rings is 1. The molecule has 1 aromatic carbocycles. The topological polar surface area (TPSA) is 26.0 Å². The van der Waals surface area contributed by atoms with Gasteiger partial charge in [-0.2, -0.15) is 0 Å². The number of rotatable bonds is 14. The van der Waals surface area contributed by atoms with Crippen LogP contribution in [0.5, 0.6) is 0 Å². The Morgan fingerprint density at radius 3 is 1.45 bits per heavy atom. The minimum Gasteiger partial charge on any atom is -0.326 e. The van der Waals surface area contributed by atoms with Crippen LogP contribution in [0.4, 0.5) is 0 Å². The van der Waals surface area contributed by atoms with Crippen LogP contribution < -0.4 is 5.73 Å². The summed E-state index contributed by atoms with van der Waals surface area (Å²) in [6, 6.07) is 8.80. The quantitative estimate of drug-likeness (QED) is 0.396. The normalized spacial score (nSPS) is 11.0. The molecule has 0 saturated carbocycles. The summed E-state index contributed by atoms with van der Waals surface area (Å²) in [6.45, 7) is 2.94. The first kappa shape index (κ1) is 19.2. The zero-order chi connectivity index (χ0) is 15.9. The van der Waals surface area contributed by atoms with Gasteiger partial charge in [-0.3, -0.25) is 0 Å². The van der Waals surface area contributed by atoms with Gasteiger partial charge < -0.3 is 5.73 Å². The molecule has 0 unspecified atom stereocenters. The van der Waals surface area contributed by atoms with Crippen LogP contribution in [-0.2, 0) is 13.0 Å². The van der Waals surface area contributed by atoms with E-state index < -0.39 is 0 Å². The van der Waals surface area contributed by atoms with Gasteiger partial charge in [0.1, 0.15) is 0 Å². The number of nitrogens with two attached hydrogens (primary N) is 1. The monoisotopic (exact) mass is 303 g/mol. The molecule has 0 aromatic heterocycles. The average molecular weight is 304 g/mol. The molecule has 0 saturated heterocycles. The molecular formula is C21H37N. The minimum atomic E-state index is 0.652. The van der Waals surface area contributed by atoms with Gasteiger partial charge in [0.15, 0.2) is 0 Å². The van der Waals surface area contributed by atoms with Gasteiger partial charge in [0.25, 0.3) is 0 Å². The van der Waals surface area contributed by atoms with Gasteiger partial charge in [-0.15, -0.1) is 0 Å². The molecule has 0 radical (unpaired) electrons. The van der Waals surface area contributed by atoms with E-state index >= 15 is 0 Å². The van der Waals surface area contributed by atoms with Gasteiger partial charge >= 0.3 is 0 Å². The second-order valence-corrected chi connectivity index (χ2v) is 6.66. The summed E-state index contributed by atoms with van der Waals surface area (Å²) in [6.07, 6.45) is 18.3. The van der Waals surface area contributed by atoms with E-state index in [2.05, 4.69) is 31.2 Å². The van der Waals surface area contributed by atoms with Gasteiger partial charge in [0, 0.05) is 6.54 Å². The van der Waals surface area contributed by atoms with E-state index in [0.717, 1.165) is 0 Å². The first-order valence-corrected chi connectivity index (χ1v) is 9.64. The van der Waals surface area contributed by atoms with Gasteiger partial charge in [-0.1, -0.05) is 102 Å². The Kier molecular flexibility index (Phi) is 12.1. The molecule has 1 aromatic rings. The fraction of sp³-hybridized carbons (Fsp3) is 0.714. The highest BCUT2D eigenvalue weighted by molar-refractivity contribution is 5.22. The SMILES string of the molecule is CCCCCCCCCCCCCCc1ccc(CN)cc1. The Hall–Kier alpha value is -0.820. The summed E-state index contributed by atoms with van der Waals surface area (Å²) < 4.78 is 0. The summed E-state index contributed by atoms with van der Waals surface area (Å²) in [7, 11) is 0. The molecule has 0 spiro atoms. The second-order valence-electron chi connectivity index (χ2n) is 6.66. The van der Waals surface area contributed by atoms with E-state index in [9.17, 15) is 0 Å². The van der Waals surface area contributed by atoms with Gasteiger partial charge in [0.05, 0.1) is 0 Å². The molecule has 22 heavy (non-hydrogen) atoms. The minimum absolute atomic E-state index is 0.652. The van der Waals surface area contributed by atoms with Crippen molar-refractivity contribution in [1.29, 1.82) is 0 Å². The average Bonchev–Trinajstić information content (AvgIpc) is 2.56. The van der Waals surface area contributed by atoms with Crippen LogP contribution in [0.15, 0.2) is 24.3 Å². The number of hydrogen-bond donors (Lipinski definition) is 1. The smallest absolute Gasteiger partial charge is 0.0178 e. The lowest BCUT2D eigenvalue weighted by atomic mass is 10.0. The maximum Gasteiger partial charge on any atom is 0.0178 e. The number of unbranched alkanes of at least 4 members (excludes halogenated alkanes) is 11. The zero-order valence-electron chi connectivity index (χ0n) is 14.8. The van der Waals surface area contributed by atoms with Crippen LogP contribution in [0, 0.1) is 0 Å². The van der Waals surface area contributed by atoms with E-state index in [1.54, 1.807) is 0 Å². The fourth-order valence-electron chi connectivity index (χ4n) is 3.01. The summed E-state index contributed by atoms with van der Waals surface area (Å²) in [5.41, 5.74) is 8.32. The van der Waals surface area contributed by atoms with Gasteiger partial charge in [-0.25, -0.2) is 0 Å². The molecule has 1 heteroatoms. The Balaban J connectivity index is 1.85. The van der Waals surface area contributed by atoms with Crippen molar-refractivity contribution in [2.24, 2.45) is 5.73 Å². The van der Waals surface area contributed by atoms with E-state index in [-0.39, 0.29) is 0 Å². The number of hydrogen-bond acceptors (Lipinski definition) is 1. The van der Waals surface area contributed by atoms with E-state index in [1.807, 2.05) is 0 Å². The van der Waals surface area contributed by atoms with Crippen LogP contribution in [0.25, 0.3) is 0 Å². The molecule has 0 bridgehead atoms. The Morgan fingerprint density at radius 2 is 1.00 bits per heavy atom. The Morgan fingerprint density at radius 1 is 0.591 bits per heavy atom. The molecule has 1 rings (SSSR count). The lowest BCUT2D eigenvalue weighted by molar-refractivity contribution is 0.544. The van der Waals surface area contributed by atoms with E-state index in [4.69, 9.17) is 5.73 Å². The Bertz CT molecular complexity index is 341. The van der Waals surface area contributed by atoms with Crippen molar-refractivity contribution in [1.82, 2.24) is 0 Å². The van der Waals surface area contributed by atoms with Crippen LogP contribution in [0.1, 0.15) is 95.1 Å². The third-order valence-electron chi connectivity index (χ3n) is 4.58. The fourth-order valence-corrected chi connectivity index (χ4v) is 3.01. The molecule has 0 heterocycles. The lowest BCUT2D eigenvalue weighted by Crippen LogP contribution is -1.96. The van der Waals surface area contributed by atoms with Crippen LogP contribution in [0.3, 0.4) is 0 Å². The van der Waals surface area contributed by atoms with Crippen molar-refractivity contribution in [3.05, 3.63) is 35.4 Å². The molecular weight excluding hydrogens is 266 g/mol. The summed E-state index contributed by atoms with van der Waals surface area (Å²) in [4.78, 5) is 0. The number of aryl methyl sites for hydroxylation is 1. The standard InChI is InChI=1S/C21H37N/c1-2-3-4-5-6-7-8-9-10-11-12-13-14-20-15-17-21(19-22)18-16-20/h15-18H,2-14,19,22H2,1H3. The summed E-state index contributed by atoms with van der Waals surface area (Å²) in [5.74, 6) is 0. The van der Waals surface area contributed by atoms with Crippen molar-refractivity contribution >= 4 is 0 Å². The molecule has 0 aliphatic heterocycles. The second kappa shape index (κ2) is 13.8. The first-order valence-electron chi connectivity index (χ1n) is 9.64. The predicted octanol–water partition coefficient (Wildman–Crippen LogP) is 6.39. The van der Waals surface area contributed by atoms with E-state index in [0.29, 0.717) is 6.54 Å². The lowest BCUT2D eigenvalue weighted by Gasteiger charge is -2.04. The molecule has 0 atom stereocenters. The van der Waals surface area contributed by atoms with Crippen LogP contribution in [0.2, 0.25) is 0 Å². The molecule has 0 aliphatic rings. The van der Waals surface area contributed by atoms with Crippen molar-refractivity contribution < 1.29 is 0 Å². The highest BCUT2D eigenvalue weighted by Gasteiger charge is 1.96. The largest absolute Gasteiger partial charge is 0.326 e.